The van der Waals surface area contributed by atoms with Gasteiger partial charge in [0.15, 0.2) is 0 Å². The van der Waals surface area contributed by atoms with Crippen molar-refractivity contribution in [3.63, 3.8) is 0 Å². The lowest BCUT2D eigenvalue weighted by Gasteiger charge is -2.10. The Balaban J connectivity index is 3.15. The van der Waals surface area contributed by atoms with Crippen LogP contribution in [-0.4, -0.2) is 22.7 Å². The Morgan fingerprint density at radius 2 is 1.91 bits per heavy atom. The lowest BCUT2D eigenvalue weighted by atomic mass is 10.1. The third kappa shape index (κ3) is 8.21. The van der Waals surface area contributed by atoms with Gasteiger partial charge in [-0.25, -0.2) is 0 Å². The average Bonchev–Trinajstić information content (AvgIpc) is 1.97. The van der Waals surface area contributed by atoms with E-state index in [0.29, 0.717) is 0 Å². The lowest BCUT2D eigenvalue weighted by molar-refractivity contribution is 0.180. The Bertz CT molecular complexity index is 83.6. The zero-order valence-electron chi connectivity index (χ0n) is 7.84. The van der Waals surface area contributed by atoms with Crippen LogP contribution in [0.2, 0.25) is 0 Å². The van der Waals surface area contributed by atoms with E-state index in [1.807, 2.05) is 11.8 Å². The van der Waals surface area contributed by atoms with E-state index in [1.54, 1.807) is 0 Å². The van der Waals surface area contributed by atoms with Gasteiger partial charge < -0.3 is 5.11 Å². The maximum Gasteiger partial charge on any atom is 0.0630 e. The summed E-state index contributed by atoms with van der Waals surface area (Å²) in [4.78, 5) is 0. The van der Waals surface area contributed by atoms with Crippen LogP contribution in [0.5, 0.6) is 0 Å². The van der Waals surface area contributed by atoms with Crippen molar-refractivity contribution in [3.8, 4) is 0 Å². The summed E-state index contributed by atoms with van der Waals surface area (Å²) in [6.07, 6.45) is 2.03. The summed E-state index contributed by atoms with van der Waals surface area (Å²) in [5, 5.41) is 9.41. The van der Waals surface area contributed by atoms with Crippen molar-refractivity contribution < 1.29 is 5.11 Å². The number of hydrogen-bond acceptors (Lipinski definition) is 2. The first kappa shape index (κ1) is 11.3. The van der Waals surface area contributed by atoms with Crippen LogP contribution in [0.3, 0.4) is 0 Å². The van der Waals surface area contributed by atoms with Crippen LogP contribution in [0.25, 0.3) is 0 Å². The average molecular weight is 176 g/mol. The van der Waals surface area contributed by atoms with Crippen molar-refractivity contribution >= 4 is 11.8 Å². The molecule has 0 fully saturated rings. The number of rotatable bonds is 6. The van der Waals surface area contributed by atoms with Gasteiger partial charge in [0, 0.05) is 5.75 Å². The largest absolute Gasteiger partial charge is 0.392 e. The van der Waals surface area contributed by atoms with Crippen LogP contribution in [0.1, 0.15) is 33.6 Å². The highest BCUT2D eigenvalue weighted by Crippen LogP contribution is 2.10. The number of aliphatic hydroxyl groups excluding tert-OH is 1. The molecule has 11 heavy (non-hydrogen) atoms. The van der Waals surface area contributed by atoms with Gasteiger partial charge in [-0.2, -0.15) is 11.8 Å². The van der Waals surface area contributed by atoms with Crippen molar-refractivity contribution in [3.05, 3.63) is 0 Å². The zero-order chi connectivity index (χ0) is 8.69. The maximum absolute atomic E-state index is 9.41. The summed E-state index contributed by atoms with van der Waals surface area (Å²) in [7, 11) is 0. The Kier molecular flexibility index (Phi) is 7.18. The minimum Gasteiger partial charge on any atom is -0.392 e. The standard InChI is InChI=1S/C9H20OS/c1-4-11-7-9(10)6-5-8(2)3/h8-10H,4-7H2,1-3H3. The van der Waals surface area contributed by atoms with Crippen LogP contribution in [0, 0.1) is 5.92 Å². The van der Waals surface area contributed by atoms with E-state index in [0.717, 1.165) is 30.3 Å². The summed E-state index contributed by atoms with van der Waals surface area (Å²) in [6, 6.07) is 0. The molecule has 0 radical (unpaired) electrons. The lowest BCUT2D eigenvalue weighted by Crippen LogP contribution is -2.10. The van der Waals surface area contributed by atoms with Gasteiger partial charge in [-0.05, 0) is 24.5 Å². The van der Waals surface area contributed by atoms with Crippen molar-refractivity contribution in [1.29, 1.82) is 0 Å². The summed E-state index contributed by atoms with van der Waals surface area (Å²) < 4.78 is 0. The first-order chi connectivity index (χ1) is 5.16. The van der Waals surface area contributed by atoms with E-state index in [4.69, 9.17) is 0 Å². The molecule has 0 spiro atoms. The van der Waals surface area contributed by atoms with Gasteiger partial charge in [0.2, 0.25) is 0 Å². The fourth-order valence-electron chi connectivity index (χ4n) is 0.863. The second-order valence-corrected chi connectivity index (χ2v) is 4.60. The van der Waals surface area contributed by atoms with Crippen molar-refractivity contribution in [1.82, 2.24) is 0 Å². The summed E-state index contributed by atoms with van der Waals surface area (Å²) in [6.45, 7) is 6.51. The molecule has 0 bridgehead atoms. The van der Waals surface area contributed by atoms with Gasteiger partial charge in [-0.3, -0.25) is 0 Å². The molecule has 68 valence electrons. The molecule has 0 heterocycles. The van der Waals surface area contributed by atoms with E-state index < -0.39 is 0 Å². The van der Waals surface area contributed by atoms with Crippen molar-refractivity contribution in [2.75, 3.05) is 11.5 Å². The molecule has 0 aliphatic rings. The molecule has 0 aliphatic carbocycles. The molecule has 1 unspecified atom stereocenters. The third-order valence-electron chi connectivity index (χ3n) is 1.59. The van der Waals surface area contributed by atoms with Gasteiger partial charge in [0.25, 0.3) is 0 Å². The Hall–Kier alpha value is 0.310. The predicted octanol–water partition coefficient (Wildman–Crippen LogP) is 2.54. The fourth-order valence-corrected chi connectivity index (χ4v) is 1.54. The van der Waals surface area contributed by atoms with Gasteiger partial charge in [0.05, 0.1) is 6.10 Å². The Morgan fingerprint density at radius 1 is 1.27 bits per heavy atom. The topological polar surface area (TPSA) is 20.2 Å². The molecular weight excluding hydrogens is 156 g/mol. The molecule has 2 heteroatoms. The highest BCUT2D eigenvalue weighted by molar-refractivity contribution is 7.99. The van der Waals surface area contributed by atoms with E-state index in [-0.39, 0.29) is 6.10 Å². The molecule has 0 aromatic carbocycles. The van der Waals surface area contributed by atoms with Crippen LogP contribution in [-0.2, 0) is 0 Å². The molecule has 0 aromatic heterocycles. The molecule has 1 atom stereocenters. The summed E-state index contributed by atoms with van der Waals surface area (Å²) >= 11 is 1.82. The molecule has 1 nitrogen and oxygen atoms in total. The molecular formula is C9H20OS. The second-order valence-electron chi connectivity index (χ2n) is 3.28. The highest BCUT2D eigenvalue weighted by Gasteiger charge is 2.04. The van der Waals surface area contributed by atoms with Gasteiger partial charge in [0.1, 0.15) is 0 Å². The molecule has 0 amide bonds. The minimum atomic E-state index is -0.0812. The molecule has 0 rings (SSSR count). The van der Waals surface area contributed by atoms with E-state index in [1.165, 1.54) is 0 Å². The Morgan fingerprint density at radius 3 is 2.36 bits per heavy atom. The smallest absolute Gasteiger partial charge is 0.0630 e. The fraction of sp³-hybridized carbons (Fsp3) is 1.00. The third-order valence-corrected chi connectivity index (χ3v) is 2.62. The van der Waals surface area contributed by atoms with E-state index >= 15 is 0 Å². The van der Waals surface area contributed by atoms with Gasteiger partial charge >= 0.3 is 0 Å². The first-order valence-corrected chi connectivity index (χ1v) is 5.58. The monoisotopic (exact) mass is 176 g/mol. The number of hydrogen-bond donors (Lipinski definition) is 1. The van der Waals surface area contributed by atoms with Crippen molar-refractivity contribution in [2.24, 2.45) is 5.92 Å². The van der Waals surface area contributed by atoms with Crippen LogP contribution in [0.4, 0.5) is 0 Å². The highest BCUT2D eigenvalue weighted by atomic mass is 32.2. The molecule has 0 aromatic rings. The SMILES string of the molecule is CCSCC(O)CCC(C)C. The Labute approximate surface area is 74.6 Å². The predicted molar refractivity (Wildman–Crippen MR) is 53.1 cm³/mol. The maximum atomic E-state index is 9.41. The quantitative estimate of drug-likeness (QED) is 0.671. The zero-order valence-corrected chi connectivity index (χ0v) is 8.66. The van der Waals surface area contributed by atoms with Crippen LogP contribution < -0.4 is 0 Å². The van der Waals surface area contributed by atoms with Crippen LogP contribution >= 0.6 is 11.8 Å². The summed E-state index contributed by atoms with van der Waals surface area (Å²) in [5.41, 5.74) is 0. The molecule has 0 saturated carbocycles. The van der Waals surface area contributed by atoms with E-state index in [2.05, 4.69) is 20.8 Å². The number of aliphatic hydroxyl groups is 1. The van der Waals surface area contributed by atoms with E-state index in [9.17, 15) is 5.11 Å². The molecule has 0 saturated heterocycles. The van der Waals surface area contributed by atoms with Crippen LogP contribution in [0.15, 0.2) is 0 Å². The first-order valence-electron chi connectivity index (χ1n) is 4.42. The normalized spacial score (nSPS) is 13.9. The van der Waals surface area contributed by atoms with Gasteiger partial charge in [-0.1, -0.05) is 20.8 Å². The number of thioether (sulfide) groups is 1. The minimum absolute atomic E-state index is 0.0812. The second kappa shape index (κ2) is 6.99. The summed E-state index contributed by atoms with van der Waals surface area (Å²) in [5.74, 6) is 2.73. The molecule has 1 N–H and O–H groups in total. The van der Waals surface area contributed by atoms with Gasteiger partial charge in [-0.15, -0.1) is 0 Å². The van der Waals surface area contributed by atoms with Crippen molar-refractivity contribution in [2.45, 2.75) is 39.7 Å². The molecule has 0 aliphatic heterocycles.